The molecule has 1 aromatic heterocycles. The van der Waals surface area contributed by atoms with Crippen molar-refractivity contribution in [3.05, 3.63) is 65.5 Å². The zero-order valence-electron chi connectivity index (χ0n) is 23.6. The number of carbonyl (C=O) groups is 3. The highest BCUT2D eigenvalue weighted by Crippen LogP contribution is 2.33. The number of anilines is 1. The van der Waals surface area contributed by atoms with Crippen LogP contribution in [0.25, 0.3) is 17.0 Å². The van der Waals surface area contributed by atoms with Crippen LogP contribution in [0.2, 0.25) is 0 Å². The Morgan fingerprint density at radius 3 is 2.46 bits per heavy atom. The molecule has 4 rings (SSSR count). The third-order valence-electron chi connectivity index (χ3n) is 6.68. The Balaban J connectivity index is 1.78. The number of nitrogens with zero attached hydrogens (tertiary/aromatic N) is 3. The van der Waals surface area contributed by atoms with Crippen molar-refractivity contribution in [1.82, 2.24) is 14.8 Å². The SMILES string of the molecule is CCOc1ccc(N2C(=O)/C(=C/c3cn(CC(=O)NCCOC)c4c(CC)cccc34)N(CC(=O)OC)C2=S)cc1. The number of aryl methyl sites for hydroxylation is 1. The average Bonchev–Trinajstić information content (AvgIpc) is 3.43. The maximum Gasteiger partial charge on any atom is 0.325 e. The molecule has 1 N–H and O–H groups in total. The first-order valence-electron chi connectivity index (χ1n) is 13.4. The summed E-state index contributed by atoms with van der Waals surface area (Å²) in [5, 5.41) is 3.89. The summed E-state index contributed by atoms with van der Waals surface area (Å²) >= 11 is 5.70. The summed E-state index contributed by atoms with van der Waals surface area (Å²) < 4.78 is 17.3. The first kappa shape index (κ1) is 29.8. The number of benzene rings is 2. The van der Waals surface area contributed by atoms with E-state index in [1.165, 1.54) is 16.9 Å². The summed E-state index contributed by atoms with van der Waals surface area (Å²) in [6, 6.07) is 12.9. The fourth-order valence-corrected chi connectivity index (χ4v) is 5.10. The van der Waals surface area contributed by atoms with Gasteiger partial charge in [0.1, 0.15) is 24.5 Å². The number of aromatic nitrogens is 1. The van der Waals surface area contributed by atoms with E-state index < -0.39 is 5.97 Å². The van der Waals surface area contributed by atoms with Gasteiger partial charge >= 0.3 is 5.97 Å². The monoisotopic (exact) mass is 578 g/mol. The second-order valence-corrected chi connectivity index (χ2v) is 9.63. The van der Waals surface area contributed by atoms with Crippen molar-refractivity contribution in [3.63, 3.8) is 0 Å². The number of methoxy groups -OCH3 is 2. The van der Waals surface area contributed by atoms with E-state index in [4.69, 9.17) is 26.4 Å². The predicted molar refractivity (Wildman–Crippen MR) is 161 cm³/mol. The number of hydrogen-bond donors (Lipinski definition) is 1. The van der Waals surface area contributed by atoms with Crippen molar-refractivity contribution in [2.45, 2.75) is 26.8 Å². The van der Waals surface area contributed by atoms with Gasteiger partial charge in [-0.2, -0.15) is 0 Å². The molecule has 11 heteroatoms. The van der Waals surface area contributed by atoms with Crippen LogP contribution in [0.4, 0.5) is 5.69 Å². The normalized spacial score (nSPS) is 14.3. The lowest BCUT2D eigenvalue weighted by Crippen LogP contribution is -2.35. The Bertz CT molecular complexity index is 1480. The fourth-order valence-electron chi connectivity index (χ4n) is 4.75. The smallest absolute Gasteiger partial charge is 0.325 e. The second-order valence-electron chi connectivity index (χ2n) is 9.26. The van der Waals surface area contributed by atoms with Gasteiger partial charge in [-0.3, -0.25) is 19.3 Å². The summed E-state index contributed by atoms with van der Waals surface area (Å²) in [5.74, 6) is -0.408. The van der Waals surface area contributed by atoms with E-state index in [0.717, 1.165) is 28.5 Å². The van der Waals surface area contributed by atoms with Crippen molar-refractivity contribution in [2.75, 3.05) is 45.4 Å². The number of nitrogens with one attached hydrogen (secondary N) is 1. The molecule has 41 heavy (non-hydrogen) atoms. The predicted octanol–water partition coefficient (Wildman–Crippen LogP) is 3.51. The Hall–Kier alpha value is -4.22. The molecule has 0 radical (unpaired) electrons. The number of para-hydroxylation sites is 1. The Morgan fingerprint density at radius 1 is 1.05 bits per heavy atom. The number of rotatable bonds is 12. The van der Waals surface area contributed by atoms with Crippen molar-refractivity contribution < 1.29 is 28.6 Å². The van der Waals surface area contributed by atoms with E-state index in [1.807, 2.05) is 35.9 Å². The van der Waals surface area contributed by atoms with Gasteiger partial charge in [-0.25, -0.2) is 0 Å². The molecule has 0 unspecified atom stereocenters. The summed E-state index contributed by atoms with van der Waals surface area (Å²) in [6.07, 6.45) is 4.32. The third-order valence-corrected chi connectivity index (χ3v) is 7.09. The van der Waals surface area contributed by atoms with E-state index in [-0.39, 0.29) is 35.7 Å². The first-order valence-corrected chi connectivity index (χ1v) is 13.8. The van der Waals surface area contributed by atoms with Crippen molar-refractivity contribution >= 4 is 57.8 Å². The average molecular weight is 579 g/mol. The number of amides is 2. The summed E-state index contributed by atoms with van der Waals surface area (Å²) in [4.78, 5) is 41.8. The van der Waals surface area contributed by atoms with Crippen molar-refractivity contribution in [3.8, 4) is 5.75 Å². The molecule has 1 aliphatic rings. The van der Waals surface area contributed by atoms with Crippen LogP contribution < -0.4 is 15.0 Å². The highest BCUT2D eigenvalue weighted by molar-refractivity contribution is 7.80. The fraction of sp³-hybridized carbons (Fsp3) is 0.333. The van der Waals surface area contributed by atoms with Crippen LogP contribution in [-0.4, -0.2) is 72.9 Å². The van der Waals surface area contributed by atoms with Gasteiger partial charge in [-0.1, -0.05) is 25.1 Å². The van der Waals surface area contributed by atoms with Crippen LogP contribution in [0, 0.1) is 0 Å². The van der Waals surface area contributed by atoms with Crippen LogP contribution in [0.15, 0.2) is 54.4 Å². The number of fused-ring (bicyclic) bond motifs is 1. The van der Waals surface area contributed by atoms with Gasteiger partial charge in [0, 0.05) is 30.8 Å². The van der Waals surface area contributed by atoms with Crippen LogP contribution in [0.3, 0.4) is 0 Å². The minimum atomic E-state index is -0.539. The lowest BCUT2D eigenvalue weighted by molar-refractivity contribution is -0.140. The van der Waals surface area contributed by atoms with E-state index in [0.29, 0.717) is 31.2 Å². The van der Waals surface area contributed by atoms with Gasteiger partial charge in [-0.15, -0.1) is 0 Å². The summed E-state index contributed by atoms with van der Waals surface area (Å²) in [5.41, 5.74) is 3.45. The standard InChI is InChI=1S/C30H34N4O6S/c1-5-20-8-7-9-24-21(17-32(28(20)24)18-26(35)31-14-15-38-3)16-25-29(37)34(30(41)33(25)19-27(36)39-4)22-10-12-23(13-11-22)40-6-2/h7-13,16-17H,5-6,14-15,18-19H2,1-4H3,(H,31,35)/b25-16-. The van der Waals surface area contributed by atoms with E-state index >= 15 is 0 Å². The highest BCUT2D eigenvalue weighted by atomic mass is 32.1. The molecule has 0 saturated carbocycles. The zero-order chi connectivity index (χ0) is 29.5. The number of hydrogen-bond acceptors (Lipinski definition) is 7. The van der Waals surface area contributed by atoms with Crippen LogP contribution in [-0.2, 0) is 36.8 Å². The van der Waals surface area contributed by atoms with E-state index in [9.17, 15) is 14.4 Å². The topological polar surface area (TPSA) is 102 Å². The molecule has 216 valence electrons. The molecule has 0 bridgehead atoms. The molecule has 2 amide bonds. The van der Waals surface area contributed by atoms with Gasteiger partial charge < -0.3 is 29.0 Å². The second kappa shape index (κ2) is 13.4. The van der Waals surface area contributed by atoms with Crippen LogP contribution >= 0.6 is 12.2 Å². The summed E-state index contributed by atoms with van der Waals surface area (Å²) in [7, 11) is 2.86. The molecule has 0 aliphatic carbocycles. The molecule has 0 atom stereocenters. The molecule has 1 aliphatic heterocycles. The molecule has 2 heterocycles. The number of esters is 1. The maximum atomic E-state index is 13.9. The highest BCUT2D eigenvalue weighted by Gasteiger charge is 2.40. The molecular weight excluding hydrogens is 544 g/mol. The van der Waals surface area contributed by atoms with Gasteiger partial charge in [0.25, 0.3) is 5.91 Å². The largest absolute Gasteiger partial charge is 0.494 e. The molecule has 3 aromatic rings. The molecule has 0 spiro atoms. The van der Waals surface area contributed by atoms with E-state index in [2.05, 4.69) is 12.2 Å². The van der Waals surface area contributed by atoms with Gasteiger partial charge in [0.05, 0.1) is 31.5 Å². The Morgan fingerprint density at radius 2 is 1.80 bits per heavy atom. The van der Waals surface area contributed by atoms with Crippen LogP contribution in [0.1, 0.15) is 25.0 Å². The van der Waals surface area contributed by atoms with Crippen molar-refractivity contribution in [1.29, 1.82) is 0 Å². The van der Waals surface area contributed by atoms with Gasteiger partial charge in [-0.05, 0) is 61.5 Å². The number of carbonyl (C=O) groups excluding carboxylic acids is 3. The number of ether oxygens (including phenoxy) is 3. The number of thiocarbonyl (C=S) groups is 1. The lowest BCUT2D eigenvalue weighted by atomic mass is 10.1. The Labute approximate surface area is 244 Å². The molecule has 2 aromatic carbocycles. The van der Waals surface area contributed by atoms with E-state index in [1.54, 1.807) is 37.5 Å². The summed E-state index contributed by atoms with van der Waals surface area (Å²) in [6.45, 7) is 5.14. The minimum absolute atomic E-state index is 0.0942. The van der Waals surface area contributed by atoms with Gasteiger partial charge in [0.15, 0.2) is 5.11 Å². The molecule has 1 saturated heterocycles. The van der Waals surface area contributed by atoms with Crippen molar-refractivity contribution in [2.24, 2.45) is 0 Å². The Kier molecular flexibility index (Phi) is 9.74. The zero-order valence-corrected chi connectivity index (χ0v) is 24.5. The third kappa shape index (κ3) is 6.41. The van der Waals surface area contributed by atoms with Crippen LogP contribution in [0.5, 0.6) is 5.75 Å². The molecule has 1 fully saturated rings. The first-order chi connectivity index (χ1) is 19.8. The molecular formula is C30H34N4O6S. The minimum Gasteiger partial charge on any atom is -0.494 e. The lowest BCUT2D eigenvalue weighted by Gasteiger charge is -2.19. The quantitative estimate of drug-likeness (QED) is 0.151. The molecule has 10 nitrogen and oxygen atoms in total. The van der Waals surface area contributed by atoms with Gasteiger partial charge in [0.2, 0.25) is 5.91 Å². The maximum absolute atomic E-state index is 13.9.